The fourth-order valence-corrected chi connectivity index (χ4v) is 7.32. The van der Waals surface area contributed by atoms with E-state index in [1.165, 1.54) is 29.4 Å². The zero-order chi connectivity index (χ0) is 32.0. The molecule has 0 bridgehead atoms. The molecular formula is C30H32BrFN3O9P. The van der Waals surface area contributed by atoms with Gasteiger partial charge in [-0.3, -0.25) is 23.7 Å². The van der Waals surface area contributed by atoms with Gasteiger partial charge in [-0.2, -0.15) is 5.09 Å². The Kier molecular flexibility index (Phi) is 10.5. The molecule has 5 rings (SSSR count). The lowest BCUT2D eigenvalue weighted by Gasteiger charge is -2.32. The van der Waals surface area contributed by atoms with Crippen molar-refractivity contribution < 1.29 is 37.4 Å². The van der Waals surface area contributed by atoms with Crippen LogP contribution in [0.1, 0.15) is 49.5 Å². The second kappa shape index (κ2) is 14.4. The van der Waals surface area contributed by atoms with E-state index in [0.717, 1.165) is 22.3 Å². The molecule has 0 radical (unpaired) electrons. The van der Waals surface area contributed by atoms with Gasteiger partial charge in [-0.25, -0.2) is 13.8 Å². The number of hydrogen-bond donors (Lipinski definition) is 3. The fraction of sp³-hybridized carbons (Fsp3) is 0.367. The SMILES string of the molecule is O=C(OCc1ccccc1)C1(NP(=O)(OC[C@H]2O[C@@H](n3cc(/C=C/Br)c(=O)[nH]c3=O)CC2O)Oc2ccc(F)cc2)CCCC1. The largest absolute Gasteiger partial charge is 0.459 e. The van der Waals surface area contributed by atoms with Gasteiger partial charge in [-0.05, 0) is 53.7 Å². The van der Waals surface area contributed by atoms with E-state index in [1.54, 1.807) is 0 Å². The molecule has 45 heavy (non-hydrogen) atoms. The molecule has 240 valence electrons. The van der Waals surface area contributed by atoms with Gasteiger partial charge in [0.05, 0.1) is 18.3 Å². The Hall–Kier alpha value is -3.39. The summed E-state index contributed by atoms with van der Waals surface area (Å²) in [7, 11) is -4.42. The van der Waals surface area contributed by atoms with Crippen LogP contribution < -0.4 is 20.9 Å². The van der Waals surface area contributed by atoms with Gasteiger partial charge in [-0.1, -0.05) is 59.1 Å². The molecule has 2 fully saturated rings. The van der Waals surface area contributed by atoms with Crippen LogP contribution in [0.2, 0.25) is 0 Å². The number of hydrogen-bond acceptors (Lipinski definition) is 9. The first-order valence-electron chi connectivity index (χ1n) is 14.3. The van der Waals surface area contributed by atoms with Crippen molar-refractivity contribution in [2.75, 3.05) is 6.61 Å². The Labute approximate surface area is 265 Å². The molecule has 1 aliphatic heterocycles. The molecule has 4 atom stereocenters. The van der Waals surface area contributed by atoms with Crippen molar-refractivity contribution >= 4 is 35.7 Å². The van der Waals surface area contributed by atoms with Crippen molar-refractivity contribution in [2.45, 2.75) is 62.7 Å². The van der Waals surface area contributed by atoms with Crippen molar-refractivity contribution in [3.05, 3.63) is 104 Å². The van der Waals surface area contributed by atoms with Crippen LogP contribution in [0.15, 0.2) is 75.4 Å². The van der Waals surface area contributed by atoms with Gasteiger partial charge in [0, 0.05) is 12.6 Å². The highest BCUT2D eigenvalue weighted by Gasteiger charge is 2.50. The third-order valence-electron chi connectivity index (χ3n) is 7.61. The minimum atomic E-state index is -4.42. The molecule has 3 aromatic rings. The topological polar surface area (TPSA) is 158 Å². The minimum absolute atomic E-state index is 0.00778. The first-order valence-corrected chi connectivity index (χ1v) is 16.7. The normalized spacial score (nSPS) is 22.3. The van der Waals surface area contributed by atoms with Gasteiger partial charge >= 0.3 is 19.4 Å². The molecule has 1 aromatic heterocycles. The van der Waals surface area contributed by atoms with E-state index in [2.05, 4.69) is 26.0 Å². The van der Waals surface area contributed by atoms with Crippen LogP contribution in [0.5, 0.6) is 5.75 Å². The molecule has 1 saturated heterocycles. The summed E-state index contributed by atoms with van der Waals surface area (Å²) in [5.74, 6) is -1.15. The maximum absolute atomic E-state index is 14.3. The van der Waals surface area contributed by atoms with E-state index in [0.29, 0.717) is 25.7 Å². The van der Waals surface area contributed by atoms with E-state index in [-0.39, 0.29) is 24.3 Å². The number of rotatable bonds is 12. The van der Waals surface area contributed by atoms with Gasteiger partial charge in [0.1, 0.15) is 36.0 Å². The Morgan fingerprint density at radius 3 is 2.58 bits per heavy atom. The fourth-order valence-electron chi connectivity index (χ4n) is 5.29. The van der Waals surface area contributed by atoms with Crippen LogP contribution in [0.4, 0.5) is 4.39 Å². The molecule has 1 saturated carbocycles. The second-order valence-corrected chi connectivity index (χ2v) is 13.0. The van der Waals surface area contributed by atoms with E-state index < -0.39 is 61.4 Å². The van der Waals surface area contributed by atoms with Crippen molar-refractivity contribution in [2.24, 2.45) is 0 Å². The summed E-state index contributed by atoms with van der Waals surface area (Å²) < 4.78 is 52.1. The van der Waals surface area contributed by atoms with Gasteiger partial charge in [0.25, 0.3) is 5.56 Å². The minimum Gasteiger partial charge on any atom is -0.459 e. The maximum Gasteiger partial charge on any atom is 0.459 e. The molecule has 12 nitrogen and oxygen atoms in total. The summed E-state index contributed by atoms with van der Waals surface area (Å²) in [6.07, 6.45) is 1.40. The van der Waals surface area contributed by atoms with Gasteiger partial charge in [0.15, 0.2) is 0 Å². The number of H-pyrrole nitrogens is 1. The highest BCUT2D eigenvalue weighted by molar-refractivity contribution is 9.11. The smallest absolute Gasteiger partial charge is 0.459 e. The number of nitrogens with one attached hydrogen (secondary N) is 2. The zero-order valence-electron chi connectivity index (χ0n) is 24.0. The predicted octanol–water partition coefficient (Wildman–Crippen LogP) is 4.54. The summed E-state index contributed by atoms with van der Waals surface area (Å²) in [5, 5.41) is 13.6. The van der Waals surface area contributed by atoms with Crippen molar-refractivity contribution in [1.82, 2.24) is 14.6 Å². The standard InChI is InChI=1S/C30H32BrFN3O9P/c31-15-12-21-17-35(29(39)33-27(21)37)26-16-24(36)25(43-26)19-42-45(40,44-23-10-8-22(32)9-11-23)34-30(13-4-5-14-30)28(38)41-18-20-6-2-1-3-7-20/h1-3,6-12,15,17,24-26,36H,4-5,13-14,16,18-19H2,(H,34,40)(H,33,37,39)/b15-12+/t24?,25-,26-,45?/m1/s1. The first-order chi connectivity index (χ1) is 21.6. The Bertz CT molecular complexity index is 1680. The number of aliphatic hydroxyl groups excluding tert-OH is 1. The van der Waals surface area contributed by atoms with E-state index >= 15 is 0 Å². The number of esters is 1. The molecule has 15 heteroatoms. The second-order valence-electron chi connectivity index (χ2n) is 10.8. The van der Waals surface area contributed by atoms with Crippen LogP contribution in [-0.2, 0) is 30.0 Å². The Balaban J connectivity index is 1.35. The third kappa shape index (κ3) is 8.07. The molecule has 2 aliphatic rings. The Morgan fingerprint density at radius 2 is 1.89 bits per heavy atom. The maximum atomic E-state index is 14.3. The van der Waals surface area contributed by atoms with Crippen LogP contribution in [0.25, 0.3) is 6.08 Å². The average molecular weight is 708 g/mol. The zero-order valence-corrected chi connectivity index (χ0v) is 26.5. The highest BCUT2D eigenvalue weighted by Crippen LogP contribution is 2.50. The number of halogens is 2. The molecule has 0 amide bonds. The van der Waals surface area contributed by atoms with Crippen LogP contribution in [0, 0.1) is 5.82 Å². The van der Waals surface area contributed by atoms with Crippen LogP contribution in [-0.4, -0.2) is 45.0 Å². The van der Waals surface area contributed by atoms with E-state index in [1.807, 2.05) is 30.3 Å². The van der Waals surface area contributed by atoms with E-state index in [9.17, 15) is 28.4 Å². The summed E-state index contributed by atoms with van der Waals surface area (Å²) >= 11 is 3.09. The lowest BCUT2D eigenvalue weighted by molar-refractivity contribution is -0.152. The summed E-state index contributed by atoms with van der Waals surface area (Å²) in [4.78, 5) is 41.7. The monoisotopic (exact) mass is 707 g/mol. The number of ether oxygens (including phenoxy) is 2. The lowest BCUT2D eigenvalue weighted by Crippen LogP contribution is -2.50. The summed E-state index contributed by atoms with van der Waals surface area (Å²) in [5.41, 5.74) is -1.79. The number of aromatic amines is 1. The number of benzene rings is 2. The lowest BCUT2D eigenvalue weighted by atomic mass is 10.00. The number of aliphatic hydroxyl groups is 1. The highest BCUT2D eigenvalue weighted by atomic mass is 79.9. The molecule has 0 spiro atoms. The predicted molar refractivity (Wildman–Crippen MR) is 165 cm³/mol. The Morgan fingerprint density at radius 1 is 1.18 bits per heavy atom. The molecule has 2 heterocycles. The summed E-state index contributed by atoms with van der Waals surface area (Å²) in [6.45, 7) is -0.460. The molecule has 2 aromatic carbocycles. The third-order valence-corrected chi connectivity index (χ3v) is 9.52. The van der Waals surface area contributed by atoms with Crippen LogP contribution in [0.3, 0.4) is 0 Å². The molecular weight excluding hydrogens is 676 g/mol. The van der Waals surface area contributed by atoms with Crippen molar-refractivity contribution in [3.8, 4) is 5.75 Å². The molecule has 1 aliphatic carbocycles. The quantitative estimate of drug-likeness (QED) is 0.180. The number of nitrogens with zero attached hydrogens (tertiary/aromatic N) is 1. The number of aromatic nitrogens is 2. The number of carbonyl (C=O) groups is 1. The van der Waals surface area contributed by atoms with E-state index in [4.69, 9.17) is 18.5 Å². The molecule has 2 unspecified atom stereocenters. The average Bonchev–Trinajstić information content (AvgIpc) is 3.65. The van der Waals surface area contributed by atoms with Crippen molar-refractivity contribution in [1.29, 1.82) is 0 Å². The number of carbonyl (C=O) groups excluding carboxylic acids is 1. The van der Waals surface area contributed by atoms with Gasteiger partial charge in [-0.15, -0.1) is 0 Å². The summed E-state index contributed by atoms with van der Waals surface area (Å²) in [6, 6.07) is 13.9. The molecule has 3 N–H and O–H groups in total. The van der Waals surface area contributed by atoms with Crippen LogP contribution >= 0.6 is 23.7 Å². The van der Waals surface area contributed by atoms with Gasteiger partial charge in [0.2, 0.25) is 0 Å². The van der Waals surface area contributed by atoms with Gasteiger partial charge < -0.3 is 19.1 Å². The van der Waals surface area contributed by atoms with Crippen molar-refractivity contribution in [3.63, 3.8) is 0 Å². The first kappa shape index (κ1) is 33.0.